The van der Waals surface area contributed by atoms with Crippen LogP contribution in [0.2, 0.25) is 0 Å². The average molecular weight is 333 g/mol. The van der Waals surface area contributed by atoms with Crippen molar-refractivity contribution in [1.82, 2.24) is 4.72 Å². The molecule has 1 unspecified atom stereocenters. The van der Waals surface area contributed by atoms with Crippen LogP contribution in [-0.2, 0) is 11.0 Å². The summed E-state index contributed by atoms with van der Waals surface area (Å²) in [4.78, 5) is 0. The lowest BCUT2D eigenvalue weighted by molar-refractivity contribution is -0.0231. The molecule has 0 aromatic heterocycles. The summed E-state index contributed by atoms with van der Waals surface area (Å²) in [5.74, 6) is -2.42. The van der Waals surface area contributed by atoms with Gasteiger partial charge in [0.15, 0.2) is 6.61 Å². The summed E-state index contributed by atoms with van der Waals surface area (Å²) >= 11 is 0. The first-order chi connectivity index (χ1) is 9.90. The molecule has 6 heteroatoms. The van der Waals surface area contributed by atoms with Crippen LogP contribution >= 0.6 is 0 Å². The molecule has 0 aliphatic carbocycles. The predicted molar refractivity (Wildman–Crippen MR) is 86.7 cm³/mol. The zero-order valence-corrected chi connectivity index (χ0v) is 14.8. The van der Waals surface area contributed by atoms with Gasteiger partial charge in [-0.2, -0.15) is 0 Å². The fraction of sp³-hybridized carbons (Fsp3) is 0.625. The van der Waals surface area contributed by atoms with Gasteiger partial charge in [0.05, 0.1) is 15.7 Å². The molecule has 0 fully saturated rings. The van der Waals surface area contributed by atoms with E-state index in [-0.39, 0.29) is 10.8 Å². The lowest BCUT2D eigenvalue weighted by Crippen LogP contribution is -2.34. The van der Waals surface area contributed by atoms with Gasteiger partial charge in [-0.25, -0.2) is 17.7 Å². The predicted octanol–water partition coefficient (Wildman–Crippen LogP) is 4.14. The first kappa shape index (κ1) is 19.0. The van der Waals surface area contributed by atoms with Crippen molar-refractivity contribution in [2.45, 2.75) is 58.3 Å². The minimum absolute atomic E-state index is 0.111. The number of alkyl halides is 2. The van der Waals surface area contributed by atoms with E-state index in [9.17, 15) is 13.0 Å². The van der Waals surface area contributed by atoms with Gasteiger partial charge in [0.25, 0.3) is 5.92 Å². The third-order valence-electron chi connectivity index (χ3n) is 3.02. The van der Waals surface area contributed by atoms with Crippen molar-refractivity contribution < 1.29 is 17.7 Å². The Morgan fingerprint density at radius 1 is 1.27 bits per heavy atom. The molecule has 3 nitrogen and oxygen atoms in total. The number of ether oxygens (including phenoxy) is 1. The van der Waals surface area contributed by atoms with Gasteiger partial charge in [0.1, 0.15) is 5.75 Å². The molecule has 0 spiro atoms. The normalized spacial score (nSPS) is 15.5. The molecule has 22 heavy (non-hydrogen) atoms. The standard InChI is InChI=1S/C16H25F2NO2S/c1-11-9-13(12(2)19-22(20)15(3,4)5)7-8-14(11)21-10-16(6,17)18/h7-9,12,19H,10H2,1-6H3/t12?,22-/m1/s1. The van der Waals surface area contributed by atoms with E-state index >= 15 is 0 Å². The van der Waals surface area contributed by atoms with Crippen LogP contribution in [0.4, 0.5) is 8.78 Å². The highest BCUT2D eigenvalue weighted by Gasteiger charge is 2.23. The molecule has 0 heterocycles. The van der Waals surface area contributed by atoms with Crippen molar-refractivity contribution in [3.63, 3.8) is 0 Å². The third kappa shape index (κ3) is 6.01. The number of rotatable bonds is 6. The summed E-state index contributed by atoms with van der Waals surface area (Å²) in [6, 6.07) is 5.23. The fourth-order valence-electron chi connectivity index (χ4n) is 1.71. The van der Waals surface area contributed by atoms with E-state index in [4.69, 9.17) is 4.74 Å². The first-order valence-corrected chi connectivity index (χ1v) is 8.34. The van der Waals surface area contributed by atoms with Crippen LogP contribution in [0, 0.1) is 6.92 Å². The Morgan fingerprint density at radius 2 is 1.86 bits per heavy atom. The van der Waals surface area contributed by atoms with Crippen LogP contribution in [0.3, 0.4) is 0 Å². The largest absolute Gasteiger partial charge is 0.487 e. The first-order valence-electron chi connectivity index (χ1n) is 7.19. The van der Waals surface area contributed by atoms with E-state index < -0.39 is 23.5 Å². The van der Waals surface area contributed by atoms with Crippen LogP contribution in [0.15, 0.2) is 18.2 Å². The summed E-state index contributed by atoms with van der Waals surface area (Å²) in [6.07, 6.45) is 0. The summed E-state index contributed by atoms with van der Waals surface area (Å²) in [7, 11) is -1.18. The van der Waals surface area contributed by atoms with Gasteiger partial charge >= 0.3 is 0 Å². The maximum atomic E-state index is 12.8. The number of aryl methyl sites for hydroxylation is 1. The van der Waals surface area contributed by atoms with Crippen LogP contribution in [0.1, 0.15) is 51.8 Å². The van der Waals surface area contributed by atoms with Crippen molar-refractivity contribution in [3.05, 3.63) is 29.3 Å². The van der Waals surface area contributed by atoms with Crippen molar-refractivity contribution in [2.75, 3.05) is 6.61 Å². The van der Waals surface area contributed by atoms with Gasteiger partial charge in [0.2, 0.25) is 0 Å². The Balaban J connectivity index is 2.78. The quantitative estimate of drug-likeness (QED) is 0.849. The molecule has 1 aromatic carbocycles. The minimum Gasteiger partial charge on any atom is -0.487 e. The molecule has 0 bridgehead atoms. The van der Waals surface area contributed by atoms with E-state index in [1.807, 2.05) is 33.8 Å². The van der Waals surface area contributed by atoms with Gasteiger partial charge in [0, 0.05) is 13.0 Å². The smallest absolute Gasteiger partial charge is 0.278 e. The van der Waals surface area contributed by atoms with Crippen molar-refractivity contribution >= 4 is 11.0 Å². The van der Waals surface area contributed by atoms with Crippen molar-refractivity contribution in [1.29, 1.82) is 0 Å². The Morgan fingerprint density at radius 3 is 2.32 bits per heavy atom. The van der Waals surface area contributed by atoms with Crippen molar-refractivity contribution in [2.24, 2.45) is 0 Å². The van der Waals surface area contributed by atoms with Crippen molar-refractivity contribution in [3.8, 4) is 5.75 Å². The van der Waals surface area contributed by atoms with Crippen LogP contribution in [0.25, 0.3) is 0 Å². The van der Waals surface area contributed by atoms with Gasteiger partial charge in [-0.3, -0.25) is 0 Å². The molecule has 0 amide bonds. The molecule has 1 N–H and O–H groups in total. The Kier molecular flexibility index (Phi) is 6.10. The number of halogens is 2. The number of hydrogen-bond acceptors (Lipinski definition) is 2. The number of benzene rings is 1. The summed E-state index contributed by atoms with van der Waals surface area (Å²) < 4.78 is 45.6. The zero-order valence-electron chi connectivity index (χ0n) is 14.0. The van der Waals surface area contributed by atoms with Crippen LogP contribution < -0.4 is 9.46 Å². The molecular formula is C16H25F2NO2S. The molecule has 0 aliphatic heterocycles. The van der Waals surface area contributed by atoms with Crippen LogP contribution in [-0.4, -0.2) is 21.5 Å². The highest BCUT2D eigenvalue weighted by Crippen LogP contribution is 2.25. The zero-order chi connectivity index (χ0) is 17.1. The van der Waals surface area contributed by atoms with E-state index in [1.165, 1.54) is 0 Å². The Bertz CT molecular complexity index is 536. The third-order valence-corrected chi connectivity index (χ3v) is 4.70. The van der Waals surface area contributed by atoms with E-state index in [0.717, 1.165) is 18.1 Å². The SMILES string of the molecule is Cc1cc(C(C)N[S@](=O)C(C)(C)C)ccc1OCC(C)(F)F. The number of nitrogens with one attached hydrogen (secondary N) is 1. The highest BCUT2D eigenvalue weighted by atomic mass is 32.2. The molecule has 0 aliphatic rings. The molecule has 1 aromatic rings. The summed E-state index contributed by atoms with van der Waals surface area (Å²) in [5, 5.41) is 0. The van der Waals surface area contributed by atoms with E-state index in [0.29, 0.717) is 5.75 Å². The van der Waals surface area contributed by atoms with E-state index in [2.05, 4.69) is 4.72 Å². The average Bonchev–Trinajstić information content (AvgIpc) is 2.34. The molecule has 1 rings (SSSR count). The Hall–Kier alpha value is -1.01. The lowest BCUT2D eigenvalue weighted by atomic mass is 10.1. The van der Waals surface area contributed by atoms with Gasteiger partial charge < -0.3 is 4.74 Å². The monoisotopic (exact) mass is 333 g/mol. The second-order valence-corrected chi connectivity index (χ2v) is 8.60. The highest BCUT2D eigenvalue weighted by molar-refractivity contribution is 7.84. The fourth-order valence-corrected chi connectivity index (χ4v) is 2.52. The summed E-state index contributed by atoms with van der Waals surface area (Å²) in [5.41, 5.74) is 1.71. The molecule has 0 saturated heterocycles. The van der Waals surface area contributed by atoms with E-state index in [1.54, 1.807) is 19.1 Å². The van der Waals surface area contributed by atoms with Gasteiger partial charge in [-0.1, -0.05) is 12.1 Å². The maximum Gasteiger partial charge on any atom is 0.278 e. The van der Waals surface area contributed by atoms with Gasteiger partial charge in [-0.15, -0.1) is 0 Å². The molecular weight excluding hydrogens is 308 g/mol. The minimum atomic E-state index is -2.86. The Labute approximate surface area is 134 Å². The van der Waals surface area contributed by atoms with Gasteiger partial charge in [-0.05, 0) is 51.8 Å². The molecule has 0 saturated carbocycles. The second-order valence-electron chi connectivity index (χ2n) is 6.60. The van der Waals surface area contributed by atoms with Crippen LogP contribution in [0.5, 0.6) is 5.75 Å². The molecule has 2 atom stereocenters. The maximum absolute atomic E-state index is 12.8. The lowest BCUT2D eigenvalue weighted by Gasteiger charge is -2.22. The number of hydrogen-bond donors (Lipinski definition) is 1. The molecule has 126 valence electrons. The molecule has 0 radical (unpaired) electrons. The summed E-state index contributed by atoms with van der Waals surface area (Å²) in [6.45, 7) is 9.60. The second kappa shape index (κ2) is 7.04. The topological polar surface area (TPSA) is 38.3 Å².